The largest absolute Gasteiger partial charge is 0.355 e. The van der Waals surface area contributed by atoms with E-state index in [9.17, 15) is 4.79 Å². The maximum atomic E-state index is 11.6. The Morgan fingerprint density at radius 2 is 1.80 bits per heavy atom. The van der Waals surface area contributed by atoms with Gasteiger partial charge in [-0.15, -0.1) is 12.4 Å². The second kappa shape index (κ2) is 8.73. The summed E-state index contributed by atoms with van der Waals surface area (Å²) in [4.78, 5) is 11.6. The molecule has 0 bridgehead atoms. The molecule has 0 saturated carbocycles. The average molecular weight is 340 g/mol. The molecule has 3 nitrogen and oxygen atoms in total. The van der Waals surface area contributed by atoms with Crippen LogP contribution in [0.4, 0.5) is 0 Å². The Kier molecular flexibility index (Phi) is 8.52. The minimum absolute atomic E-state index is 0. The molecule has 0 unspecified atom stereocenters. The van der Waals surface area contributed by atoms with E-state index in [-0.39, 0.29) is 23.7 Å². The first kappa shape index (κ1) is 19.5. The highest BCUT2D eigenvalue weighted by molar-refractivity contribution is 6.36. The van der Waals surface area contributed by atoms with Crippen LogP contribution in [0.1, 0.15) is 25.8 Å². The third-order valence-electron chi connectivity index (χ3n) is 2.97. The Morgan fingerprint density at radius 1 is 1.25 bits per heavy atom. The minimum Gasteiger partial charge on any atom is -0.355 e. The van der Waals surface area contributed by atoms with Gasteiger partial charge in [-0.05, 0) is 24.7 Å². The van der Waals surface area contributed by atoms with Crippen LogP contribution in [0.25, 0.3) is 0 Å². The molecule has 1 aromatic carbocycles. The first-order chi connectivity index (χ1) is 8.88. The van der Waals surface area contributed by atoms with Gasteiger partial charge in [0, 0.05) is 35.0 Å². The Morgan fingerprint density at radius 3 is 2.30 bits per heavy atom. The molecule has 0 spiro atoms. The van der Waals surface area contributed by atoms with Gasteiger partial charge in [0.1, 0.15) is 0 Å². The smallest absolute Gasteiger partial charge is 0.221 e. The zero-order valence-electron chi connectivity index (χ0n) is 11.9. The van der Waals surface area contributed by atoms with Crippen molar-refractivity contribution in [3.8, 4) is 0 Å². The summed E-state index contributed by atoms with van der Waals surface area (Å²) in [5.74, 6) is 0.0191. The minimum atomic E-state index is -0.315. The number of amides is 1. The van der Waals surface area contributed by atoms with Gasteiger partial charge in [-0.2, -0.15) is 0 Å². The van der Waals surface area contributed by atoms with E-state index in [0.29, 0.717) is 29.6 Å². The lowest BCUT2D eigenvalue weighted by molar-refractivity contribution is -0.121. The highest BCUT2D eigenvalue weighted by atomic mass is 35.5. The molecule has 1 aromatic rings. The summed E-state index contributed by atoms with van der Waals surface area (Å²) in [5, 5.41) is 7.11. The van der Waals surface area contributed by atoms with Crippen LogP contribution in [-0.4, -0.2) is 26.0 Å². The quantitative estimate of drug-likeness (QED) is 0.834. The maximum absolute atomic E-state index is 11.6. The molecule has 0 radical (unpaired) electrons. The van der Waals surface area contributed by atoms with E-state index in [1.807, 2.05) is 39.1 Å². The molecule has 0 aliphatic carbocycles. The van der Waals surface area contributed by atoms with E-state index in [1.54, 1.807) is 0 Å². The van der Waals surface area contributed by atoms with Gasteiger partial charge in [-0.3, -0.25) is 4.79 Å². The monoisotopic (exact) mass is 338 g/mol. The van der Waals surface area contributed by atoms with Crippen LogP contribution >= 0.6 is 35.6 Å². The summed E-state index contributed by atoms with van der Waals surface area (Å²) in [6, 6.07) is 5.44. The Balaban J connectivity index is 0.00000361. The molecule has 0 aliphatic heterocycles. The van der Waals surface area contributed by atoms with Gasteiger partial charge in [0.2, 0.25) is 5.91 Å². The molecular weight excluding hydrogens is 319 g/mol. The summed E-state index contributed by atoms with van der Waals surface area (Å²) < 4.78 is 0. The van der Waals surface area contributed by atoms with Gasteiger partial charge >= 0.3 is 0 Å². The highest BCUT2D eigenvalue weighted by Crippen LogP contribution is 2.35. The molecule has 0 aromatic heterocycles. The molecule has 0 heterocycles. The zero-order chi connectivity index (χ0) is 14.5. The van der Waals surface area contributed by atoms with Gasteiger partial charge in [-0.25, -0.2) is 0 Å². The van der Waals surface area contributed by atoms with Gasteiger partial charge < -0.3 is 10.6 Å². The van der Waals surface area contributed by atoms with Crippen molar-refractivity contribution in [2.75, 3.05) is 20.1 Å². The normalized spacial score (nSPS) is 10.8. The van der Waals surface area contributed by atoms with Gasteiger partial charge in [0.05, 0.1) is 0 Å². The fourth-order valence-corrected chi connectivity index (χ4v) is 2.79. The second-order valence-corrected chi connectivity index (χ2v) is 5.93. The number of nitrogens with one attached hydrogen (secondary N) is 2. The molecular formula is C14H21Cl3N2O. The fourth-order valence-electron chi connectivity index (χ4n) is 1.88. The van der Waals surface area contributed by atoms with E-state index in [2.05, 4.69) is 10.6 Å². The lowest BCUT2D eigenvalue weighted by atomic mass is 9.84. The SMILES string of the molecule is CNCCC(=O)NCC(C)(C)c1c(Cl)cccc1Cl.Cl. The third kappa shape index (κ3) is 5.49. The summed E-state index contributed by atoms with van der Waals surface area (Å²) in [7, 11) is 1.82. The Bertz CT molecular complexity index is 430. The van der Waals surface area contributed by atoms with Crippen molar-refractivity contribution in [3.63, 3.8) is 0 Å². The number of carbonyl (C=O) groups is 1. The number of hydrogen-bond acceptors (Lipinski definition) is 2. The number of rotatable bonds is 6. The van der Waals surface area contributed by atoms with Crippen LogP contribution in [0.5, 0.6) is 0 Å². The first-order valence-corrected chi connectivity index (χ1v) is 7.00. The van der Waals surface area contributed by atoms with E-state index < -0.39 is 0 Å². The molecule has 20 heavy (non-hydrogen) atoms. The molecule has 0 aliphatic rings. The van der Waals surface area contributed by atoms with Crippen molar-refractivity contribution in [2.24, 2.45) is 0 Å². The van der Waals surface area contributed by atoms with Crippen LogP contribution < -0.4 is 10.6 Å². The predicted molar refractivity (Wildman–Crippen MR) is 88.3 cm³/mol. The molecule has 0 fully saturated rings. The number of carbonyl (C=O) groups excluding carboxylic acids is 1. The molecule has 2 N–H and O–H groups in total. The summed E-state index contributed by atoms with van der Waals surface area (Å²) in [5.41, 5.74) is 0.553. The summed E-state index contributed by atoms with van der Waals surface area (Å²) in [6.07, 6.45) is 0.461. The number of benzene rings is 1. The number of halogens is 3. The van der Waals surface area contributed by atoms with Crippen molar-refractivity contribution < 1.29 is 4.79 Å². The van der Waals surface area contributed by atoms with Crippen LogP contribution in [0.15, 0.2) is 18.2 Å². The van der Waals surface area contributed by atoms with Crippen molar-refractivity contribution in [3.05, 3.63) is 33.8 Å². The van der Waals surface area contributed by atoms with Crippen LogP contribution in [0.2, 0.25) is 10.0 Å². The van der Waals surface area contributed by atoms with Crippen LogP contribution in [-0.2, 0) is 10.2 Å². The van der Waals surface area contributed by atoms with E-state index in [0.717, 1.165) is 5.56 Å². The molecule has 0 saturated heterocycles. The first-order valence-electron chi connectivity index (χ1n) is 6.24. The lowest BCUT2D eigenvalue weighted by Gasteiger charge is -2.27. The fraction of sp³-hybridized carbons (Fsp3) is 0.500. The maximum Gasteiger partial charge on any atom is 0.221 e. The standard InChI is InChI=1S/C14H20Cl2N2O.ClH/c1-14(2,9-18-12(19)7-8-17-3)13-10(15)5-4-6-11(13)16;/h4-6,17H,7-9H2,1-3H3,(H,18,19);1H. The van der Waals surface area contributed by atoms with Gasteiger partial charge in [-0.1, -0.05) is 43.1 Å². The van der Waals surface area contributed by atoms with Crippen LogP contribution in [0.3, 0.4) is 0 Å². The van der Waals surface area contributed by atoms with Gasteiger partial charge in [0.25, 0.3) is 0 Å². The van der Waals surface area contributed by atoms with Crippen molar-refractivity contribution in [2.45, 2.75) is 25.7 Å². The number of hydrogen-bond donors (Lipinski definition) is 2. The molecule has 0 atom stereocenters. The lowest BCUT2D eigenvalue weighted by Crippen LogP contribution is -2.37. The molecule has 6 heteroatoms. The van der Waals surface area contributed by atoms with Crippen molar-refractivity contribution in [1.82, 2.24) is 10.6 Å². The van der Waals surface area contributed by atoms with Crippen molar-refractivity contribution >= 4 is 41.5 Å². The van der Waals surface area contributed by atoms with E-state index >= 15 is 0 Å². The predicted octanol–water partition coefficient (Wildman–Crippen LogP) is 3.42. The molecule has 1 amide bonds. The van der Waals surface area contributed by atoms with Crippen molar-refractivity contribution in [1.29, 1.82) is 0 Å². The van der Waals surface area contributed by atoms with Gasteiger partial charge in [0.15, 0.2) is 0 Å². The third-order valence-corrected chi connectivity index (χ3v) is 3.60. The highest BCUT2D eigenvalue weighted by Gasteiger charge is 2.26. The summed E-state index contributed by atoms with van der Waals surface area (Å²) in [6.45, 7) is 5.19. The van der Waals surface area contributed by atoms with E-state index in [4.69, 9.17) is 23.2 Å². The average Bonchev–Trinajstić information content (AvgIpc) is 2.33. The molecule has 114 valence electrons. The molecule has 1 rings (SSSR count). The summed E-state index contributed by atoms with van der Waals surface area (Å²) >= 11 is 12.4. The topological polar surface area (TPSA) is 41.1 Å². The second-order valence-electron chi connectivity index (χ2n) is 5.11. The zero-order valence-corrected chi connectivity index (χ0v) is 14.3. The Labute approximate surface area is 136 Å². The van der Waals surface area contributed by atoms with E-state index in [1.165, 1.54) is 0 Å². The Hall–Kier alpha value is -0.480. The van der Waals surface area contributed by atoms with Crippen LogP contribution in [0, 0.1) is 0 Å².